The average molecular weight is 210 g/mol. The molecule has 2 nitrogen and oxygen atoms in total. The van der Waals surface area contributed by atoms with Gasteiger partial charge in [-0.2, -0.15) is 0 Å². The van der Waals surface area contributed by atoms with Gasteiger partial charge < -0.3 is 4.74 Å². The molecule has 0 atom stereocenters. The first-order valence-corrected chi connectivity index (χ1v) is 8.17. The van der Waals surface area contributed by atoms with Gasteiger partial charge >= 0.3 is 5.97 Å². The van der Waals surface area contributed by atoms with Crippen molar-refractivity contribution in [3.63, 3.8) is 0 Å². The fourth-order valence-electron chi connectivity index (χ4n) is 0.916. The first-order chi connectivity index (χ1) is 6.41. The molecule has 0 amide bonds. The van der Waals surface area contributed by atoms with Crippen molar-refractivity contribution in [2.45, 2.75) is 26.6 Å². The van der Waals surface area contributed by atoms with Crippen LogP contribution in [0.4, 0.5) is 0 Å². The predicted molar refractivity (Wildman–Crippen MR) is 61.8 cm³/mol. The summed E-state index contributed by atoms with van der Waals surface area (Å²) in [5.41, 5.74) is 2.87. The number of ether oxygens (including phenoxy) is 1. The largest absolute Gasteiger partial charge is 0.463 e. The summed E-state index contributed by atoms with van der Waals surface area (Å²) < 4.78 is 4.78. The van der Waals surface area contributed by atoms with E-state index >= 15 is 0 Å². The number of esters is 1. The molecular weight excluding hydrogens is 192 g/mol. The highest BCUT2D eigenvalue weighted by Crippen LogP contribution is 2.14. The smallest absolute Gasteiger partial charge is 0.330 e. The maximum Gasteiger partial charge on any atom is 0.330 e. The Morgan fingerprint density at radius 3 is 2.36 bits per heavy atom. The predicted octanol–water partition coefficient (Wildman–Crippen LogP) is 2.69. The Balaban J connectivity index is 4.50. The summed E-state index contributed by atoms with van der Waals surface area (Å²) in [7, 11) is -1.43. The average Bonchev–Trinajstić information content (AvgIpc) is 2.03. The van der Waals surface area contributed by atoms with Crippen LogP contribution in [-0.2, 0) is 9.53 Å². The number of hydrogen-bond acceptors (Lipinski definition) is 2. The second kappa shape index (κ2) is 5.63. The maximum absolute atomic E-state index is 11.0. The van der Waals surface area contributed by atoms with Crippen molar-refractivity contribution in [3.05, 3.63) is 29.7 Å². The van der Waals surface area contributed by atoms with Crippen LogP contribution in [0.15, 0.2) is 29.7 Å². The Morgan fingerprint density at radius 2 is 2.00 bits per heavy atom. The summed E-state index contributed by atoms with van der Waals surface area (Å²) in [6.45, 7) is 12.3. The van der Waals surface area contributed by atoms with E-state index in [1.807, 2.05) is 0 Å². The molecule has 0 rings (SSSR count). The molecule has 0 spiro atoms. The molecular formula is C11H18O2Si. The van der Waals surface area contributed by atoms with Gasteiger partial charge in [-0.15, -0.1) is 5.73 Å². The van der Waals surface area contributed by atoms with E-state index in [0.717, 1.165) is 5.20 Å². The Hall–Kier alpha value is -1.05. The summed E-state index contributed by atoms with van der Waals surface area (Å²) in [6.07, 6.45) is 3.20. The van der Waals surface area contributed by atoms with Crippen LogP contribution in [0.2, 0.25) is 19.6 Å². The van der Waals surface area contributed by atoms with Crippen molar-refractivity contribution >= 4 is 14.0 Å². The number of hydrogen-bond donors (Lipinski definition) is 0. The van der Waals surface area contributed by atoms with Crippen molar-refractivity contribution in [3.8, 4) is 0 Å². The SMILES string of the molecule is C=C=C(/C=C\C(=O)OCC)[Si](C)(C)C. The standard InChI is InChI=1S/C11H18O2Si/c1-6-10(14(3,4)5)8-9-11(12)13-7-2/h8-9H,1,7H2,2-5H3/b9-8-. The third kappa shape index (κ3) is 4.85. The third-order valence-electron chi connectivity index (χ3n) is 1.67. The Labute approximate surface area is 87.0 Å². The van der Waals surface area contributed by atoms with Crippen molar-refractivity contribution in [1.82, 2.24) is 0 Å². The molecule has 0 fully saturated rings. The van der Waals surface area contributed by atoms with Gasteiger partial charge in [0.05, 0.1) is 14.7 Å². The van der Waals surface area contributed by atoms with E-state index in [1.54, 1.807) is 13.0 Å². The van der Waals surface area contributed by atoms with E-state index in [2.05, 4.69) is 32.0 Å². The molecule has 0 bridgehead atoms. The van der Waals surface area contributed by atoms with Crippen molar-refractivity contribution in [2.24, 2.45) is 0 Å². The van der Waals surface area contributed by atoms with Gasteiger partial charge in [0.2, 0.25) is 0 Å². The Bertz CT molecular complexity index is 278. The van der Waals surface area contributed by atoms with Gasteiger partial charge in [-0.3, -0.25) is 0 Å². The second-order valence-electron chi connectivity index (χ2n) is 3.93. The molecule has 0 aliphatic carbocycles. The number of carbonyl (C=O) groups is 1. The highest BCUT2D eigenvalue weighted by Gasteiger charge is 2.16. The second-order valence-corrected chi connectivity index (χ2v) is 8.96. The van der Waals surface area contributed by atoms with Gasteiger partial charge in [0.15, 0.2) is 0 Å². The van der Waals surface area contributed by atoms with Crippen molar-refractivity contribution in [1.29, 1.82) is 0 Å². The molecule has 0 saturated carbocycles. The minimum Gasteiger partial charge on any atom is -0.463 e. The summed E-state index contributed by atoms with van der Waals surface area (Å²) >= 11 is 0. The number of carbonyl (C=O) groups excluding carboxylic acids is 1. The lowest BCUT2D eigenvalue weighted by Gasteiger charge is -2.14. The first-order valence-electron chi connectivity index (χ1n) is 4.67. The first kappa shape index (κ1) is 12.9. The fourth-order valence-corrected chi connectivity index (χ4v) is 2.03. The highest BCUT2D eigenvalue weighted by molar-refractivity contribution is 6.83. The summed E-state index contributed by atoms with van der Waals surface area (Å²) in [4.78, 5) is 11.0. The van der Waals surface area contributed by atoms with Gasteiger partial charge in [-0.1, -0.05) is 26.2 Å². The Morgan fingerprint density at radius 1 is 1.43 bits per heavy atom. The lowest BCUT2D eigenvalue weighted by molar-refractivity contribution is -0.137. The fraction of sp³-hybridized carbons (Fsp3) is 0.455. The quantitative estimate of drug-likeness (QED) is 0.234. The van der Waals surface area contributed by atoms with Crippen molar-refractivity contribution < 1.29 is 9.53 Å². The monoisotopic (exact) mass is 210 g/mol. The molecule has 0 aromatic heterocycles. The molecule has 0 N–H and O–H groups in total. The normalized spacial score (nSPS) is 11.1. The highest BCUT2D eigenvalue weighted by atomic mass is 28.3. The summed E-state index contributed by atoms with van der Waals surface area (Å²) in [6, 6.07) is 0. The Kier molecular flexibility index (Phi) is 5.21. The summed E-state index contributed by atoms with van der Waals surface area (Å²) in [5.74, 6) is -0.307. The van der Waals surface area contributed by atoms with E-state index in [0.29, 0.717) is 6.61 Å². The molecule has 78 valence electrons. The van der Waals surface area contributed by atoms with Gasteiger partial charge in [-0.25, -0.2) is 4.79 Å². The minimum atomic E-state index is -1.43. The van der Waals surface area contributed by atoms with Crippen LogP contribution in [0.5, 0.6) is 0 Å². The molecule has 0 aliphatic heterocycles. The zero-order chi connectivity index (χ0) is 11.2. The topological polar surface area (TPSA) is 26.3 Å². The zero-order valence-electron chi connectivity index (χ0n) is 9.39. The molecule has 0 saturated heterocycles. The van der Waals surface area contributed by atoms with Crippen LogP contribution in [-0.4, -0.2) is 20.7 Å². The zero-order valence-corrected chi connectivity index (χ0v) is 10.4. The van der Waals surface area contributed by atoms with Gasteiger partial charge in [-0.05, 0) is 18.2 Å². The molecule has 3 heteroatoms. The molecule has 0 radical (unpaired) electrons. The molecule has 14 heavy (non-hydrogen) atoms. The lowest BCUT2D eigenvalue weighted by atomic mass is 10.4. The summed E-state index contributed by atoms with van der Waals surface area (Å²) in [5, 5.41) is 1.03. The molecule has 0 aromatic carbocycles. The lowest BCUT2D eigenvalue weighted by Crippen LogP contribution is -2.22. The van der Waals surface area contributed by atoms with E-state index in [9.17, 15) is 4.79 Å². The van der Waals surface area contributed by atoms with Crippen LogP contribution in [0.1, 0.15) is 6.92 Å². The number of rotatable bonds is 4. The van der Waals surface area contributed by atoms with E-state index in [1.165, 1.54) is 6.08 Å². The van der Waals surface area contributed by atoms with E-state index < -0.39 is 8.07 Å². The molecule has 0 aromatic rings. The van der Waals surface area contributed by atoms with Gasteiger partial charge in [0, 0.05) is 6.08 Å². The maximum atomic E-state index is 11.0. The van der Waals surface area contributed by atoms with Crippen LogP contribution in [0.3, 0.4) is 0 Å². The van der Waals surface area contributed by atoms with Crippen LogP contribution < -0.4 is 0 Å². The van der Waals surface area contributed by atoms with E-state index in [4.69, 9.17) is 4.74 Å². The van der Waals surface area contributed by atoms with Crippen LogP contribution >= 0.6 is 0 Å². The van der Waals surface area contributed by atoms with Crippen LogP contribution in [0.25, 0.3) is 0 Å². The van der Waals surface area contributed by atoms with Gasteiger partial charge in [0.25, 0.3) is 0 Å². The molecule has 0 heterocycles. The van der Waals surface area contributed by atoms with Crippen LogP contribution in [0, 0.1) is 0 Å². The minimum absolute atomic E-state index is 0.307. The van der Waals surface area contributed by atoms with Crippen molar-refractivity contribution in [2.75, 3.05) is 6.61 Å². The third-order valence-corrected chi connectivity index (χ3v) is 3.63. The number of allylic oxidation sites excluding steroid dienone is 2. The van der Waals surface area contributed by atoms with Gasteiger partial charge in [0.1, 0.15) is 0 Å². The molecule has 0 aliphatic rings. The molecule has 0 unspecified atom stereocenters. The van der Waals surface area contributed by atoms with E-state index in [-0.39, 0.29) is 5.97 Å².